The van der Waals surface area contributed by atoms with Gasteiger partial charge in [0.1, 0.15) is 5.75 Å². The van der Waals surface area contributed by atoms with Gasteiger partial charge in [0, 0.05) is 25.4 Å². The molecule has 18 heavy (non-hydrogen) atoms. The molecular weight excluding hydrogens is 226 g/mol. The first-order chi connectivity index (χ1) is 8.70. The Morgan fingerprint density at radius 2 is 2.11 bits per heavy atom. The minimum absolute atomic E-state index is 0.299. The van der Waals surface area contributed by atoms with Gasteiger partial charge in [-0.05, 0) is 42.5 Å². The van der Waals surface area contributed by atoms with Crippen molar-refractivity contribution in [2.75, 3.05) is 14.2 Å². The minimum Gasteiger partial charge on any atom is -0.497 e. The molecule has 0 radical (unpaired) electrons. The van der Waals surface area contributed by atoms with Crippen LogP contribution >= 0.6 is 0 Å². The van der Waals surface area contributed by atoms with E-state index in [1.54, 1.807) is 7.11 Å². The number of hydrogen-bond acceptors (Lipinski definition) is 2. The Morgan fingerprint density at radius 3 is 2.89 bits per heavy atom. The molecule has 0 bridgehead atoms. The second-order valence-corrected chi connectivity index (χ2v) is 5.32. The summed E-state index contributed by atoms with van der Waals surface area (Å²) in [4.78, 5) is 13.7. The van der Waals surface area contributed by atoms with E-state index in [-0.39, 0.29) is 0 Å². The molecule has 96 valence electrons. The van der Waals surface area contributed by atoms with E-state index in [9.17, 15) is 4.79 Å². The summed E-state index contributed by atoms with van der Waals surface area (Å²) in [6.45, 7) is 0. The Hall–Kier alpha value is -1.51. The molecule has 1 fully saturated rings. The first-order valence-electron chi connectivity index (χ1n) is 6.63. The highest BCUT2D eigenvalue weighted by Gasteiger charge is 2.37. The number of likely N-dealkylation sites (tertiary alicyclic amines) is 1. The molecule has 1 aliphatic heterocycles. The quantitative estimate of drug-likeness (QED) is 0.760. The SMILES string of the molecule is COc1ccc2c(c1)CC[C@@H]1[C@@H]2CCC(=O)N1C. The Morgan fingerprint density at radius 1 is 1.28 bits per heavy atom. The Labute approximate surface area is 108 Å². The number of carbonyl (C=O) groups is 1. The third kappa shape index (κ3) is 1.69. The van der Waals surface area contributed by atoms with Gasteiger partial charge < -0.3 is 9.64 Å². The number of rotatable bonds is 1. The van der Waals surface area contributed by atoms with E-state index in [4.69, 9.17) is 4.74 Å². The number of amides is 1. The molecule has 1 amide bonds. The van der Waals surface area contributed by atoms with Crippen molar-refractivity contribution in [2.24, 2.45) is 0 Å². The normalized spacial score (nSPS) is 26.6. The van der Waals surface area contributed by atoms with Crippen molar-refractivity contribution in [3.05, 3.63) is 29.3 Å². The highest BCUT2D eigenvalue weighted by Crippen LogP contribution is 2.41. The van der Waals surface area contributed by atoms with E-state index in [1.165, 1.54) is 11.1 Å². The van der Waals surface area contributed by atoms with Gasteiger partial charge in [0.2, 0.25) is 5.91 Å². The molecule has 1 heterocycles. The molecule has 1 aliphatic carbocycles. The molecule has 1 saturated heterocycles. The predicted molar refractivity (Wildman–Crippen MR) is 69.8 cm³/mol. The van der Waals surface area contributed by atoms with Gasteiger partial charge in [-0.25, -0.2) is 0 Å². The van der Waals surface area contributed by atoms with Crippen LogP contribution in [0.3, 0.4) is 0 Å². The molecule has 0 saturated carbocycles. The second-order valence-electron chi connectivity index (χ2n) is 5.32. The van der Waals surface area contributed by atoms with Crippen molar-refractivity contribution in [3.63, 3.8) is 0 Å². The molecular formula is C15H19NO2. The van der Waals surface area contributed by atoms with Crippen LogP contribution in [0.2, 0.25) is 0 Å². The van der Waals surface area contributed by atoms with Crippen molar-refractivity contribution < 1.29 is 9.53 Å². The zero-order valence-electron chi connectivity index (χ0n) is 11.0. The van der Waals surface area contributed by atoms with Crippen LogP contribution in [0.1, 0.15) is 36.3 Å². The highest BCUT2D eigenvalue weighted by molar-refractivity contribution is 5.77. The molecule has 0 N–H and O–H groups in total. The summed E-state index contributed by atoms with van der Waals surface area (Å²) in [5.74, 6) is 1.75. The third-order valence-electron chi connectivity index (χ3n) is 4.48. The standard InChI is InChI=1S/C15H19NO2/c1-16-14-7-3-10-9-11(18-2)4-5-12(10)13(14)6-8-15(16)17/h4-5,9,13-14H,3,6-8H2,1-2H3/t13-,14-/m1/s1. The van der Waals surface area contributed by atoms with Crippen LogP contribution in [0, 0.1) is 0 Å². The van der Waals surface area contributed by atoms with Crippen LogP contribution in [0.4, 0.5) is 0 Å². The highest BCUT2D eigenvalue weighted by atomic mass is 16.5. The van der Waals surface area contributed by atoms with Crippen molar-refractivity contribution in [2.45, 2.75) is 37.6 Å². The number of fused-ring (bicyclic) bond motifs is 3. The molecule has 3 heteroatoms. The van der Waals surface area contributed by atoms with Crippen LogP contribution in [0.5, 0.6) is 5.75 Å². The topological polar surface area (TPSA) is 29.5 Å². The number of hydrogen-bond donors (Lipinski definition) is 0. The maximum Gasteiger partial charge on any atom is 0.222 e. The number of nitrogens with zero attached hydrogens (tertiary/aromatic N) is 1. The zero-order valence-corrected chi connectivity index (χ0v) is 11.0. The van der Waals surface area contributed by atoms with E-state index < -0.39 is 0 Å². The van der Waals surface area contributed by atoms with E-state index >= 15 is 0 Å². The summed E-state index contributed by atoms with van der Waals surface area (Å²) in [6.07, 6.45) is 3.80. The van der Waals surface area contributed by atoms with Crippen LogP contribution < -0.4 is 4.74 Å². The molecule has 0 spiro atoms. The average Bonchev–Trinajstić information content (AvgIpc) is 2.41. The molecule has 0 unspecified atom stereocenters. The van der Waals surface area contributed by atoms with Gasteiger partial charge in [0.25, 0.3) is 0 Å². The van der Waals surface area contributed by atoms with Crippen LogP contribution in [-0.4, -0.2) is 31.0 Å². The van der Waals surface area contributed by atoms with Gasteiger partial charge >= 0.3 is 0 Å². The fourth-order valence-electron chi connectivity index (χ4n) is 3.45. The van der Waals surface area contributed by atoms with E-state index in [0.717, 1.165) is 25.0 Å². The maximum atomic E-state index is 11.8. The molecule has 0 aromatic heterocycles. The lowest BCUT2D eigenvalue weighted by Crippen LogP contribution is -2.47. The smallest absolute Gasteiger partial charge is 0.222 e. The van der Waals surface area contributed by atoms with Crippen molar-refractivity contribution in [1.29, 1.82) is 0 Å². The molecule has 3 rings (SSSR count). The molecule has 3 nitrogen and oxygen atoms in total. The summed E-state index contributed by atoms with van der Waals surface area (Å²) >= 11 is 0. The Balaban J connectivity index is 1.96. The van der Waals surface area contributed by atoms with Gasteiger partial charge in [-0.1, -0.05) is 6.07 Å². The van der Waals surface area contributed by atoms with Gasteiger partial charge in [0.05, 0.1) is 7.11 Å². The van der Waals surface area contributed by atoms with E-state index in [0.29, 0.717) is 24.3 Å². The van der Waals surface area contributed by atoms with Gasteiger partial charge in [-0.3, -0.25) is 4.79 Å². The first-order valence-corrected chi connectivity index (χ1v) is 6.63. The monoisotopic (exact) mass is 245 g/mol. The Bertz CT molecular complexity index is 483. The number of aryl methyl sites for hydroxylation is 1. The van der Waals surface area contributed by atoms with Crippen molar-refractivity contribution in [3.8, 4) is 5.75 Å². The van der Waals surface area contributed by atoms with Crippen LogP contribution in [0.25, 0.3) is 0 Å². The number of likely N-dealkylation sites (N-methyl/N-ethyl adjacent to an activating group) is 1. The average molecular weight is 245 g/mol. The maximum absolute atomic E-state index is 11.8. The number of piperidine rings is 1. The number of benzene rings is 1. The largest absolute Gasteiger partial charge is 0.497 e. The summed E-state index contributed by atoms with van der Waals surface area (Å²) < 4.78 is 5.29. The van der Waals surface area contributed by atoms with Crippen molar-refractivity contribution in [1.82, 2.24) is 4.90 Å². The van der Waals surface area contributed by atoms with Gasteiger partial charge in [-0.2, -0.15) is 0 Å². The fourth-order valence-corrected chi connectivity index (χ4v) is 3.45. The van der Waals surface area contributed by atoms with Crippen LogP contribution in [-0.2, 0) is 11.2 Å². The lowest BCUT2D eigenvalue weighted by atomic mass is 9.74. The second kappa shape index (κ2) is 4.30. The van der Waals surface area contributed by atoms with E-state index in [2.05, 4.69) is 12.1 Å². The number of methoxy groups -OCH3 is 1. The Kier molecular flexibility index (Phi) is 2.77. The molecule has 1 aromatic carbocycles. The molecule has 2 atom stereocenters. The molecule has 1 aromatic rings. The summed E-state index contributed by atoms with van der Waals surface area (Å²) in [6, 6.07) is 6.78. The zero-order chi connectivity index (χ0) is 12.7. The first kappa shape index (κ1) is 11.6. The molecule has 2 aliphatic rings. The summed E-state index contributed by atoms with van der Waals surface area (Å²) in [5, 5.41) is 0. The lowest BCUT2D eigenvalue weighted by molar-refractivity contribution is -0.135. The number of carbonyl (C=O) groups excluding carboxylic acids is 1. The van der Waals surface area contributed by atoms with Crippen LogP contribution in [0.15, 0.2) is 18.2 Å². The lowest BCUT2D eigenvalue weighted by Gasteiger charge is -2.43. The summed E-state index contributed by atoms with van der Waals surface area (Å²) in [7, 11) is 3.66. The fraction of sp³-hybridized carbons (Fsp3) is 0.533. The third-order valence-corrected chi connectivity index (χ3v) is 4.48. The van der Waals surface area contributed by atoms with Gasteiger partial charge in [-0.15, -0.1) is 0 Å². The minimum atomic E-state index is 0.299. The predicted octanol–water partition coefficient (Wildman–Crippen LogP) is 2.35. The summed E-state index contributed by atoms with van der Waals surface area (Å²) in [5.41, 5.74) is 2.82. The van der Waals surface area contributed by atoms with Gasteiger partial charge in [0.15, 0.2) is 0 Å². The van der Waals surface area contributed by atoms with Crippen molar-refractivity contribution >= 4 is 5.91 Å². The number of ether oxygens (including phenoxy) is 1. The van der Waals surface area contributed by atoms with E-state index in [1.807, 2.05) is 18.0 Å².